The second-order valence-electron chi connectivity index (χ2n) is 5.10. The van der Waals surface area contributed by atoms with E-state index < -0.39 is 0 Å². The Morgan fingerprint density at radius 2 is 1.62 bits per heavy atom. The lowest BCUT2D eigenvalue weighted by Gasteiger charge is -2.14. The summed E-state index contributed by atoms with van der Waals surface area (Å²) in [7, 11) is 0. The summed E-state index contributed by atoms with van der Waals surface area (Å²) >= 11 is 0. The first-order valence-electron chi connectivity index (χ1n) is 6.30. The van der Waals surface area contributed by atoms with Gasteiger partial charge in [-0.15, -0.1) is 0 Å². The minimum Gasteiger partial charge on any atom is -0.491 e. The Bertz CT molecular complexity index is 298. The third-order valence-electron chi connectivity index (χ3n) is 2.45. The summed E-state index contributed by atoms with van der Waals surface area (Å²) in [5.41, 5.74) is 2.76. The van der Waals surface area contributed by atoms with E-state index in [-0.39, 0.29) is 6.10 Å². The molecule has 0 saturated heterocycles. The second-order valence-corrected chi connectivity index (χ2v) is 5.10. The molecule has 0 spiro atoms. The molecular formula is C15H24O. The zero-order valence-corrected chi connectivity index (χ0v) is 11.2. The minimum absolute atomic E-state index is 0.249. The van der Waals surface area contributed by atoms with Gasteiger partial charge >= 0.3 is 0 Å². The van der Waals surface area contributed by atoms with Crippen LogP contribution in [0.5, 0.6) is 5.75 Å². The molecule has 0 aromatic heterocycles. The summed E-state index contributed by atoms with van der Waals surface area (Å²) in [6, 6.07) is 6.64. The number of aryl methyl sites for hydroxylation is 1. The van der Waals surface area contributed by atoms with Crippen LogP contribution in [0.4, 0.5) is 0 Å². The summed E-state index contributed by atoms with van der Waals surface area (Å²) in [6.45, 7) is 10.8. The largest absolute Gasteiger partial charge is 0.491 e. The molecule has 1 aromatic rings. The van der Waals surface area contributed by atoms with Gasteiger partial charge in [0.2, 0.25) is 0 Å². The van der Waals surface area contributed by atoms with E-state index in [0.29, 0.717) is 5.92 Å². The number of ether oxygens (including phenoxy) is 1. The Labute approximate surface area is 99.8 Å². The van der Waals surface area contributed by atoms with Crippen LogP contribution < -0.4 is 4.74 Å². The fraction of sp³-hybridized carbons (Fsp3) is 0.600. The maximum atomic E-state index is 5.78. The molecule has 0 aliphatic heterocycles. The minimum atomic E-state index is 0.249. The Morgan fingerprint density at radius 1 is 1.00 bits per heavy atom. The summed E-state index contributed by atoms with van der Waals surface area (Å²) < 4.78 is 5.78. The van der Waals surface area contributed by atoms with E-state index >= 15 is 0 Å². The molecule has 90 valence electrons. The summed E-state index contributed by atoms with van der Waals surface area (Å²) in [5, 5.41) is 0. The first-order valence-corrected chi connectivity index (χ1v) is 6.30. The molecule has 1 nitrogen and oxygen atoms in total. The quantitative estimate of drug-likeness (QED) is 0.721. The molecule has 1 heteroatoms. The normalized spacial score (nSPS) is 11.2. The van der Waals surface area contributed by atoms with Crippen molar-refractivity contribution in [3.05, 3.63) is 29.3 Å². The Kier molecular flexibility index (Phi) is 4.85. The van der Waals surface area contributed by atoms with Crippen LogP contribution in [0, 0.1) is 5.92 Å². The SMILES string of the molecule is CCc1cc(CC(C)C)cc(OC(C)C)c1. The van der Waals surface area contributed by atoms with Crippen molar-refractivity contribution in [1.29, 1.82) is 0 Å². The lowest BCUT2D eigenvalue weighted by atomic mass is 10.00. The van der Waals surface area contributed by atoms with Gasteiger partial charge in [-0.1, -0.05) is 26.8 Å². The zero-order valence-electron chi connectivity index (χ0n) is 11.2. The molecule has 0 bridgehead atoms. The smallest absolute Gasteiger partial charge is 0.120 e. The Hall–Kier alpha value is -0.980. The maximum absolute atomic E-state index is 5.78. The number of hydrogen-bond acceptors (Lipinski definition) is 1. The van der Waals surface area contributed by atoms with Crippen LogP contribution in [-0.2, 0) is 12.8 Å². The van der Waals surface area contributed by atoms with Crippen molar-refractivity contribution in [3.63, 3.8) is 0 Å². The molecule has 0 atom stereocenters. The second kappa shape index (κ2) is 5.93. The number of hydrogen-bond donors (Lipinski definition) is 0. The standard InChI is InChI=1S/C15H24O/c1-6-13-8-14(7-11(2)3)10-15(9-13)16-12(4)5/h8-12H,6-7H2,1-5H3. The Balaban J connectivity index is 2.91. The first kappa shape index (κ1) is 13.1. The van der Waals surface area contributed by atoms with Crippen molar-refractivity contribution in [3.8, 4) is 5.75 Å². The van der Waals surface area contributed by atoms with Gasteiger partial charge in [0.1, 0.15) is 5.75 Å². The summed E-state index contributed by atoms with van der Waals surface area (Å²) in [4.78, 5) is 0. The monoisotopic (exact) mass is 220 g/mol. The fourth-order valence-corrected chi connectivity index (χ4v) is 1.86. The Morgan fingerprint density at radius 3 is 2.12 bits per heavy atom. The van der Waals surface area contributed by atoms with Crippen molar-refractivity contribution in [2.75, 3.05) is 0 Å². The summed E-state index contributed by atoms with van der Waals surface area (Å²) in [6.07, 6.45) is 2.45. The molecule has 0 aliphatic carbocycles. The molecule has 1 aromatic carbocycles. The van der Waals surface area contributed by atoms with Crippen LogP contribution in [0.1, 0.15) is 45.7 Å². The van der Waals surface area contributed by atoms with E-state index in [1.54, 1.807) is 0 Å². The van der Waals surface area contributed by atoms with E-state index in [9.17, 15) is 0 Å². The molecule has 0 fully saturated rings. The molecule has 16 heavy (non-hydrogen) atoms. The lowest BCUT2D eigenvalue weighted by molar-refractivity contribution is 0.242. The van der Waals surface area contributed by atoms with E-state index in [4.69, 9.17) is 4.74 Å². The van der Waals surface area contributed by atoms with E-state index in [0.717, 1.165) is 18.6 Å². The predicted octanol–water partition coefficient (Wildman–Crippen LogP) is 4.23. The predicted molar refractivity (Wildman–Crippen MR) is 70.1 cm³/mol. The van der Waals surface area contributed by atoms with Gasteiger partial charge in [-0.2, -0.15) is 0 Å². The van der Waals surface area contributed by atoms with Gasteiger partial charge in [0.25, 0.3) is 0 Å². The van der Waals surface area contributed by atoms with Gasteiger partial charge < -0.3 is 4.74 Å². The van der Waals surface area contributed by atoms with Gasteiger partial charge in [-0.05, 0) is 55.9 Å². The highest BCUT2D eigenvalue weighted by Gasteiger charge is 2.04. The van der Waals surface area contributed by atoms with Crippen molar-refractivity contribution in [1.82, 2.24) is 0 Å². The molecular weight excluding hydrogens is 196 g/mol. The van der Waals surface area contributed by atoms with Crippen LogP contribution in [0.3, 0.4) is 0 Å². The van der Waals surface area contributed by atoms with E-state index in [1.165, 1.54) is 11.1 Å². The van der Waals surface area contributed by atoms with Crippen molar-refractivity contribution < 1.29 is 4.74 Å². The molecule has 0 amide bonds. The highest BCUT2D eigenvalue weighted by atomic mass is 16.5. The molecule has 0 heterocycles. The third kappa shape index (κ3) is 4.26. The van der Waals surface area contributed by atoms with Gasteiger partial charge in [-0.3, -0.25) is 0 Å². The van der Waals surface area contributed by atoms with Gasteiger partial charge in [0.05, 0.1) is 6.10 Å². The van der Waals surface area contributed by atoms with Gasteiger partial charge in [-0.25, -0.2) is 0 Å². The topological polar surface area (TPSA) is 9.23 Å². The third-order valence-corrected chi connectivity index (χ3v) is 2.45. The number of benzene rings is 1. The molecule has 0 radical (unpaired) electrons. The first-order chi connectivity index (χ1) is 7.51. The summed E-state index contributed by atoms with van der Waals surface area (Å²) in [5.74, 6) is 1.71. The lowest BCUT2D eigenvalue weighted by Crippen LogP contribution is -2.06. The van der Waals surface area contributed by atoms with Gasteiger partial charge in [0.15, 0.2) is 0 Å². The average Bonchev–Trinajstić information content (AvgIpc) is 2.14. The van der Waals surface area contributed by atoms with Crippen LogP contribution in [0.25, 0.3) is 0 Å². The fourth-order valence-electron chi connectivity index (χ4n) is 1.86. The molecule has 0 N–H and O–H groups in total. The number of rotatable bonds is 5. The van der Waals surface area contributed by atoms with Gasteiger partial charge in [0, 0.05) is 0 Å². The van der Waals surface area contributed by atoms with Crippen LogP contribution in [0.2, 0.25) is 0 Å². The zero-order chi connectivity index (χ0) is 12.1. The molecule has 1 rings (SSSR count). The highest BCUT2D eigenvalue weighted by molar-refractivity contribution is 5.35. The van der Waals surface area contributed by atoms with Crippen molar-refractivity contribution >= 4 is 0 Å². The molecule has 0 saturated carbocycles. The maximum Gasteiger partial charge on any atom is 0.120 e. The van der Waals surface area contributed by atoms with E-state index in [1.807, 2.05) is 0 Å². The van der Waals surface area contributed by atoms with E-state index in [2.05, 4.69) is 52.8 Å². The average molecular weight is 220 g/mol. The van der Waals surface area contributed by atoms with Crippen molar-refractivity contribution in [2.45, 2.75) is 53.6 Å². The van der Waals surface area contributed by atoms with Crippen LogP contribution in [-0.4, -0.2) is 6.10 Å². The molecule has 0 unspecified atom stereocenters. The van der Waals surface area contributed by atoms with Crippen molar-refractivity contribution in [2.24, 2.45) is 5.92 Å². The molecule has 0 aliphatic rings. The van der Waals surface area contributed by atoms with Crippen LogP contribution in [0.15, 0.2) is 18.2 Å². The van der Waals surface area contributed by atoms with Crippen LogP contribution >= 0.6 is 0 Å². The highest BCUT2D eigenvalue weighted by Crippen LogP contribution is 2.21.